The average molecular weight is 273 g/mol. The van der Waals surface area contributed by atoms with Gasteiger partial charge in [-0.2, -0.15) is 0 Å². The van der Waals surface area contributed by atoms with Gasteiger partial charge in [-0.05, 0) is 6.42 Å². The van der Waals surface area contributed by atoms with Crippen LogP contribution in [0.1, 0.15) is 20.3 Å². The largest absolute Gasteiger partial charge is 0.392 e. The third-order valence-electron chi connectivity index (χ3n) is 3.49. The van der Waals surface area contributed by atoms with Crippen molar-refractivity contribution in [1.82, 2.24) is 9.97 Å². The lowest BCUT2D eigenvalue weighted by Crippen LogP contribution is -2.57. The number of aliphatic hydroxyl groups is 1. The third-order valence-corrected chi connectivity index (χ3v) is 3.76. The van der Waals surface area contributed by atoms with Crippen molar-refractivity contribution >= 4 is 23.1 Å². The number of nitrogens with one attached hydrogen (secondary N) is 1. The van der Waals surface area contributed by atoms with Crippen LogP contribution in [0.5, 0.6) is 0 Å². The molecule has 0 radical (unpaired) electrons. The van der Waals surface area contributed by atoms with Crippen molar-refractivity contribution in [2.24, 2.45) is 5.41 Å². The molecular weight excluding hydrogens is 260 g/mol. The van der Waals surface area contributed by atoms with E-state index in [9.17, 15) is 15.2 Å². The highest BCUT2D eigenvalue weighted by molar-refractivity contribution is 6.31. The van der Waals surface area contributed by atoms with Crippen molar-refractivity contribution in [3.05, 3.63) is 21.6 Å². The van der Waals surface area contributed by atoms with Gasteiger partial charge < -0.3 is 10.4 Å². The van der Waals surface area contributed by atoms with Gasteiger partial charge in [0.05, 0.1) is 11.0 Å². The summed E-state index contributed by atoms with van der Waals surface area (Å²) in [6.07, 6.45) is 1.26. The van der Waals surface area contributed by atoms with Crippen molar-refractivity contribution in [2.75, 3.05) is 5.32 Å². The molecule has 0 aromatic carbocycles. The highest BCUT2D eigenvalue weighted by Gasteiger charge is 2.48. The second-order valence-electron chi connectivity index (χ2n) is 4.89. The van der Waals surface area contributed by atoms with Crippen molar-refractivity contribution in [2.45, 2.75) is 32.4 Å². The molecule has 2 N–H and O–H groups in total. The maximum atomic E-state index is 10.9. The highest BCUT2D eigenvalue weighted by atomic mass is 35.5. The zero-order chi connectivity index (χ0) is 13.5. The molecule has 1 saturated carbocycles. The van der Waals surface area contributed by atoms with E-state index in [4.69, 9.17) is 11.6 Å². The van der Waals surface area contributed by atoms with Gasteiger partial charge in [-0.1, -0.05) is 25.4 Å². The molecule has 1 fully saturated rings. The van der Waals surface area contributed by atoms with Gasteiger partial charge in [0.15, 0.2) is 0 Å². The molecule has 1 aliphatic carbocycles. The molecule has 98 valence electrons. The summed E-state index contributed by atoms with van der Waals surface area (Å²) in [6.45, 7) is 3.76. The van der Waals surface area contributed by atoms with Gasteiger partial charge in [0.25, 0.3) is 0 Å². The van der Waals surface area contributed by atoms with Gasteiger partial charge in [-0.25, -0.2) is 9.97 Å². The van der Waals surface area contributed by atoms with Crippen molar-refractivity contribution in [3.63, 3.8) is 0 Å². The van der Waals surface area contributed by atoms with Crippen LogP contribution in [-0.4, -0.2) is 32.1 Å². The SMILES string of the molecule is CC1(C)C(O)CC1Nc1ncnc(Cl)c1[N+](=O)[O-]. The third kappa shape index (κ3) is 1.99. The lowest BCUT2D eigenvalue weighted by atomic mass is 9.64. The Morgan fingerprint density at radius 2 is 2.28 bits per heavy atom. The summed E-state index contributed by atoms with van der Waals surface area (Å²) in [4.78, 5) is 17.7. The number of nitrogens with zero attached hydrogens (tertiary/aromatic N) is 3. The van der Waals surface area contributed by atoms with Crippen LogP contribution < -0.4 is 5.32 Å². The molecule has 1 aromatic rings. The Bertz CT molecular complexity index is 494. The normalized spacial score (nSPS) is 25.3. The number of hydrogen-bond donors (Lipinski definition) is 2. The van der Waals surface area contributed by atoms with Crippen molar-refractivity contribution < 1.29 is 10.0 Å². The van der Waals surface area contributed by atoms with Gasteiger partial charge in [0.1, 0.15) is 6.33 Å². The standard InChI is InChI=1S/C10H13ClN4O3/c1-10(2)5(3-6(10)16)14-9-7(15(17)18)8(11)12-4-13-9/h4-6,16H,3H2,1-2H3,(H,12,13,14). The number of halogens is 1. The fourth-order valence-corrected chi connectivity index (χ4v) is 2.14. The van der Waals surface area contributed by atoms with E-state index < -0.39 is 11.0 Å². The van der Waals surface area contributed by atoms with E-state index in [2.05, 4.69) is 15.3 Å². The van der Waals surface area contributed by atoms with Gasteiger partial charge in [0.2, 0.25) is 11.0 Å². The van der Waals surface area contributed by atoms with Crippen LogP contribution in [0.3, 0.4) is 0 Å². The van der Waals surface area contributed by atoms with E-state index in [-0.39, 0.29) is 28.1 Å². The molecule has 7 nitrogen and oxygen atoms in total. The number of hydrogen-bond acceptors (Lipinski definition) is 6. The summed E-state index contributed by atoms with van der Waals surface area (Å²) in [5.41, 5.74) is -0.693. The van der Waals surface area contributed by atoms with Crippen LogP contribution in [0.25, 0.3) is 0 Å². The monoisotopic (exact) mass is 272 g/mol. The number of nitro groups is 1. The van der Waals surface area contributed by atoms with Gasteiger partial charge in [-0.3, -0.25) is 10.1 Å². The quantitative estimate of drug-likeness (QED) is 0.492. The Balaban J connectivity index is 2.26. The van der Waals surface area contributed by atoms with Crippen LogP contribution in [0, 0.1) is 15.5 Å². The maximum Gasteiger partial charge on any atom is 0.348 e. The molecule has 1 aromatic heterocycles. The van der Waals surface area contributed by atoms with Crippen LogP contribution in [0.2, 0.25) is 5.15 Å². The first-order chi connectivity index (χ1) is 8.34. The Kier molecular flexibility index (Phi) is 3.12. The summed E-state index contributed by atoms with van der Waals surface area (Å²) in [6, 6.07) is -0.0860. The lowest BCUT2D eigenvalue weighted by Gasteiger charge is -2.49. The second-order valence-corrected chi connectivity index (χ2v) is 5.25. The topological polar surface area (TPSA) is 101 Å². The molecule has 2 atom stereocenters. The fraction of sp³-hybridized carbons (Fsp3) is 0.600. The zero-order valence-corrected chi connectivity index (χ0v) is 10.7. The minimum atomic E-state index is -0.618. The van der Waals surface area contributed by atoms with Gasteiger partial charge in [0, 0.05) is 11.5 Å². The summed E-state index contributed by atoms with van der Waals surface area (Å²) < 4.78 is 0. The van der Waals surface area contributed by atoms with E-state index in [0.717, 1.165) is 0 Å². The molecule has 0 spiro atoms. The summed E-state index contributed by atoms with van der Waals surface area (Å²) in [5.74, 6) is 0.0879. The molecule has 0 saturated heterocycles. The number of aromatic nitrogens is 2. The Hall–Kier alpha value is -1.47. The van der Waals surface area contributed by atoms with Crippen LogP contribution in [0.4, 0.5) is 11.5 Å². The van der Waals surface area contributed by atoms with Crippen molar-refractivity contribution in [1.29, 1.82) is 0 Å². The van der Waals surface area contributed by atoms with Crippen LogP contribution in [0.15, 0.2) is 6.33 Å². The first kappa shape index (κ1) is 13.0. The number of aliphatic hydroxyl groups excluding tert-OH is 1. The smallest absolute Gasteiger partial charge is 0.348 e. The molecule has 18 heavy (non-hydrogen) atoms. The molecule has 1 aliphatic rings. The van der Waals surface area contributed by atoms with Crippen molar-refractivity contribution in [3.8, 4) is 0 Å². The van der Waals surface area contributed by atoms with E-state index in [1.165, 1.54) is 6.33 Å². The van der Waals surface area contributed by atoms with Crippen LogP contribution >= 0.6 is 11.6 Å². The molecule has 2 rings (SSSR count). The molecule has 0 amide bonds. The van der Waals surface area contributed by atoms with E-state index in [1.807, 2.05) is 13.8 Å². The van der Waals surface area contributed by atoms with Gasteiger partial charge in [-0.15, -0.1) is 0 Å². The summed E-state index contributed by atoms with van der Waals surface area (Å²) in [5, 5.41) is 23.3. The summed E-state index contributed by atoms with van der Waals surface area (Å²) >= 11 is 5.69. The number of rotatable bonds is 3. The van der Waals surface area contributed by atoms with E-state index in [1.54, 1.807) is 0 Å². The maximum absolute atomic E-state index is 10.9. The molecular formula is C10H13ClN4O3. The minimum Gasteiger partial charge on any atom is -0.392 e. The first-order valence-electron chi connectivity index (χ1n) is 5.43. The van der Waals surface area contributed by atoms with E-state index in [0.29, 0.717) is 6.42 Å². The number of anilines is 1. The molecule has 2 unspecified atom stereocenters. The Morgan fingerprint density at radius 1 is 1.61 bits per heavy atom. The molecule has 0 bridgehead atoms. The average Bonchev–Trinajstić information content (AvgIpc) is 2.28. The molecule has 8 heteroatoms. The predicted octanol–water partition coefficient (Wildman–Crippen LogP) is 1.61. The zero-order valence-electron chi connectivity index (χ0n) is 9.92. The van der Waals surface area contributed by atoms with Crippen LogP contribution in [-0.2, 0) is 0 Å². The highest BCUT2D eigenvalue weighted by Crippen LogP contribution is 2.43. The van der Waals surface area contributed by atoms with Gasteiger partial charge >= 0.3 is 5.69 Å². The molecule has 1 heterocycles. The first-order valence-corrected chi connectivity index (χ1v) is 5.81. The Labute approximate surface area is 108 Å². The second kappa shape index (κ2) is 4.33. The minimum absolute atomic E-state index is 0.0860. The van der Waals surface area contributed by atoms with E-state index >= 15 is 0 Å². The summed E-state index contributed by atoms with van der Waals surface area (Å²) in [7, 11) is 0. The predicted molar refractivity (Wildman–Crippen MR) is 65.5 cm³/mol. The fourth-order valence-electron chi connectivity index (χ4n) is 1.94. The molecule has 0 aliphatic heterocycles. The Morgan fingerprint density at radius 3 is 2.78 bits per heavy atom. The lowest BCUT2D eigenvalue weighted by molar-refractivity contribution is -0.384.